The number of hydrogen-bond donors (Lipinski definition) is 1. The number of hydrogen-bond acceptors (Lipinski definition) is 8. The van der Waals surface area contributed by atoms with E-state index >= 15 is 0 Å². The average Bonchev–Trinajstić information content (AvgIpc) is 3.19. The van der Waals surface area contributed by atoms with E-state index in [1.54, 1.807) is 18.2 Å². The first-order chi connectivity index (χ1) is 13.6. The Balaban J connectivity index is 1.31. The van der Waals surface area contributed by atoms with Crippen LogP contribution < -0.4 is 5.32 Å². The van der Waals surface area contributed by atoms with E-state index in [1.807, 2.05) is 11.4 Å². The highest BCUT2D eigenvalue weighted by Crippen LogP contribution is 2.27. The normalized spacial score (nSPS) is 13.1. The quantitative estimate of drug-likeness (QED) is 0.287. The van der Waals surface area contributed by atoms with E-state index in [2.05, 4.69) is 15.3 Å². The third kappa shape index (κ3) is 4.05. The van der Waals surface area contributed by atoms with Gasteiger partial charge in [-0.3, -0.25) is 14.4 Å². The third-order valence-corrected chi connectivity index (χ3v) is 6.04. The number of ether oxygens (including phenoxy) is 1. The number of thiophene rings is 1. The first-order valence-corrected chi connectivity index (χ1v) is 10.4. The van der Waals surface area contributed by atoms with Crippen LogP contribution >= 0.6 is 23.1 Å². The molecule has 0 unspecified atom stereocenters. The molecule has 2 aromatic heterocycles. The van der Waals surface area contributed by atoms with Gasteiger partial charge >= 0.3 is 5.97 Å². The summed E-state index contributed by atoms with van der Waals surface area (Å²) in [6.07, 6.45) is 2.46. The van der Waals surface area contributed by atoms with Crippen molar-refractivity contribution in [2.24, 2.45) is 0 Å². The maximum Gasteiger partial charge on any atom is 0.316 e. The second-order valence-corrected chi connectivity index (χ2v) is 7.97. The minimum atomic E-state index is -0.481. The van der Waals surface area contributed by atoms with Crippen LogP contribution in [0.2, 0.25) is 0 Å². The Bertz CT molecular complexity index is 1080. The van der Waals surface area contributed by atoms with Gasteiger partial charge in [0.05, 0.1) is 5.75 Å². The number of ketones is 1. The second kappa shape index (κ2) is 8.07. The second-order valence-electron chi connectivity index (χ2n) is 6.11. The first-order valence-electron chi connectivity index (χ1n) is 8.53. The van der Waals surface area contributed by atoms with Crippen molar-refractivity contribution in [1.82, 2.24) is 9.97 Å². The van der Waals surface area contributed by atoms with E-state index in [-0.39, 0.29) is 24.1 Å². The zero-order valence-corrected chi connectivity index (χ0v) is 16.3. The summed E-state index contributed by atoms with van der Waals surface area (Å²) in [5.41, 5.74) is 2.10. The lowest BCUT2D eigenvalue weighted by Crippen LogP contribution is -2.20. The van der Waals surface area contributed by atoms with Crippen molar-refractivity contribution in [3.05, 3.63) is 47.1 Å². The molecule has 0 aliphatic carbocycles. The molecule has 1 aliphatic heterocycles. The SMILES string of the molecule is O=C1CCc2cc(C(=O)COC(=O)CSc3ncnc4sccc34)ccc2N1. The van der Waals surface area contributed by atoms with Gasteiger partial charge in [0.15, 0.2) is 12.4 Å². The Labute approximate surface area is 168 Å². The topological polar surface area (TPSA) is 98.3 Å². The number of carbonyl (C=O) groups is 3. The summed E-state index contributed by atoms with van der Waals surface area (Å²) in [5.74, 6) is -0.724. The smallest absolute Gasteiger partial charge is 0.316 e. The van der Waals surface area contributed by atoms with Crippen molar-refractivity contribution in [2.45, 2.75) is 17.9 Å². The molecule has 1 amide bonds. The highest BCUT2D eigenvalue weighted by molar-refractivity contribution is 8.00. The molecule has 0 radical (unpaired) electrons. The molecule has 0 fully saturated rings. The predicted octanol–water partition coefficient (Wildman–Crippen LogP) is 3.09. The van der Waals surface area contributed by atoms with Gasteiger partial charge in [-0.25, -0.2) is 9.97 Å². The van der Waals surface area contributed by atoms with Crippen LogP contribution in [0.5, 0.6) is 0 Å². The molecule has 7 nitrogen and oxygen atoms in total. The monoisotopic (exact) mass is 413 g/mol. The van der Waals surface area contributed by atoms with Crippen LogP contribution in [0.15, 0.2) is 41.0 Å². The third-order valence-electron chi connectivity index (χ3n) is 4.24. The lowest BCUT2D eigenvalue weighted by molar-refractivity contribution is -0.139. The predicted molar refractivity (Wildman–Crippen MR) is 107 cm³/mol. The maximum atomic E-state index is 12.3. The number of esters is 1. The van der Waals surface area contributed by atoms with Crippen molar-refractivity contribution < 1.29 is 19.1 Å². The molecule has 3 aromatic rings. The Morgan fingerprint density at radius 3 is 3.00 bits per heavy atom. The summed E-state index contributed by atoms with van der Waals surface area (Å²) < 4.78 is 5.11. The molecule has 0 atom stereocenters. The lowest BCUT2D eigenvalue weighted by atomic mass is 9.99. The molecule has 0 saturated heterocycles. The van der Waals surface area contributed by atoms with Crippen LogP contribution in [0.3, 0.4) is 0 Å². The van der Waals surface area contributed by atoms with E-state index in [4.69, 9.17) is 4.74 Å². The van der Waals surface area contributed by atoms with Gasteiger partial charge in [0.25, 0.3) is 0 Å². The first kappa shape index (κ1) is 18.6. The molecule has 1 aliphatic rings. The van der Waals surface area contributed by atoms with Gasteiger partial charge in [-0.15, -0.1) is 11.3 Å². The van der Waals surface area contributed by atoms with Gasteiger partial charge in [0.1, 0.15) is 16.2 Å². The van der Waals surface area contributed by atoms with Crippen LogP contribution in [0.25, 0.3) is 10.2 Å². The van der Waals surface area contributed by atoms with Crippen molar-refractivity contribution in [1.29, 1.82) is 0 Å². The van der Waals surface area contributed by atoms with Crippen molar-refractivity contribution in [2.75, 3.05) is 17.7 Å². The van der Waals surface area contributed by atoms with E-state index < -0.39 is 5.97 Å². The Morgan fingerprint density at radius 2 is 2.11 bits per heavy atom. The van der Waals surface area contributed by atoms with Crippen molar-refractivity contribution in [3.63, 3.8) is 0 Å². The molecular weight excluding hydrogens is 398 g/mol. The summed E-state index contributed by atoms with van der Waals surface area (Å²) in [4.78, 5) is 45.0. The Kier molecular flexibility index (Phi) is 5.36. The van der Waals surface area contributed by atoms with Gasteiger partial charge in [-0.05, 0) is 41.6 Å². The Morgan fingerprint density at radius 1 is 1.21 bits per heavy atom. The standard InChI is InChI=1S/C19H15N3O4S2/c23-15(12-1-3-14-11(7-12)2-4-16(24)22-14)8-26-17(25)9-28-19-13-5-6-27-18(13)20-10-21-19/h1,3,5-7,10H,2,4,8-9H2,(H,22,24). The zero-order valence-electron chi connectivity index (χ0n) is 14.6. The largest absolute Gasteiger partial charge is 0.457 e. The number of anilines is 1. The Hall–Kier alpha value is -2.78. The average molecular weight is 413 g/mol. The van der Waals surface area contributed by atoms with E-state index in [0.717, 1.165) is 21.5 Å². The van der Waals surface area contributed by atoms with Crippen molar-refractivity contribution in [3.8, 4) is 0 Å². The summed E-state index contributed by atoms with van der Waals surface area (Å²) in [6, 6.07) is 6.99. The van der Waals surface area contributed by atoms with E-state index in [1.165, 1.54) is 29.4 Å². The van der Waals surface area contributed by atoms with Crippen LogP contribution in [0.1, 0.15) is 22.3 Å². The minimum absolute atomic E-state index is 0.0265. The fraction of sp³-hybridized carbons (Fsp3) is 0.211. The molecule has 28 heavy (non-hydrogen) atoms. The number of benzene rings is 1. The van der Waals surface area contributed by atoms with Gasteiger partial charge in [-0.2, -0.15) is 0 Å². The summed E-state index contributed by atoms with van der Waals surface area (Å²) in [6.45, 7) is -0.317. The molecule has 0 bridgehead atoms. The molecule has 9 heteroatoms. The number of nitrogens with zero attached hydrogens (tertiary/aromatic N) is 2. The van der Waals surface area contributed by atoms with Crippen LogP contribution in [-0.2, 0) is 20.7 Å². The summed E-state index contributed by atoms with van der Waals surface area (Å²) in [5, 5.41) is 6.31. The van der Waals surface area contributed by atoms with Gasteiger partial charge in [0.2, 0.25) is 5.91 Å². The lowest BCUT2D eigenvalue weighted by Gasteiger charge is -2.17. The number of aryl methyl sites for hydroxylation is 1. The summed E-state index contributed by atoms with van der Waals surface area (Å²) in [7, 11) is 0. The fourth-order valence-electron chi connectivity index (χ4n) is 2.84. The number of rotatable bonds is 6. The van der Waals surface area contributed by atoms with Crippen LogP contribution in [-0.4, -0.2) is 40.0 Å². The summed E-state index contributed by atoms with van der Waals surface area (Å²) >= 11 is 2.77. The number of thioether (sulfide) groups is 1. The number of aromatic nitrogens is 2. The zero-order chi connectivity index (χ0) is 19.5. The number of nitrogens with one attached hydrogen (secondary N) is 1. The fourth-order valence-corrected chi connectivity index (χ4v) is 4.41. The van der Waals surface area contributed by atoms with Gasteiger partial charge < -0.3 is 10.1 Å². The van der Waals surface area contributed by atoms with Crippen LogP contribution in [0.4, 0.5) is 5.69 Å². The molecule has 3 heterocycles. The molecular formula is C19H15N3O4S2. The van der Waals surface area contributed by atoms with Gasteiger partial charge in [0, 0.05) is 23.1 Å². The molecule has 1 N–H and O–H groups in total. The molecule has 0 saturated carbocycles. The molecule has 0 spiro atoms. The minimum Gasteiger partial charge on any atom is -0.457 e. The van der Waals surface area contributed by atoms with Crippen LogP contribution in [0, 0.1) is 0 Å². The van der Waals surface area contributed by atoms with Crippen molar-refractivity contribution >= 4 is 56.7 Å². The molecule has 4 rings (SSSR count). The number of Topliss-reactive ketones (excluding diaryl/α,β-unsaturated/α-hetero) is 1. The number of amides is 1. The maximum absolute atomic E-state index is 12.3. The van der Waals surface area contributed by atoms with E-state index in [9.17, 15) is 14.4 Å². The highest BCUT2D eigenvalue weighted by atomic mass is 32.2. The van der Waals surface area contributed by atoms with E-state index in [0.29, 0.717) is 23.4 Å². The molecule has 1 aromatic carbocycles. The van der Waals surface area contributed by atoms with Gasteiger partial charge in [-0.1, -0.05) is 11.8 Å². The highest BCUT2D eigenvalue weighted by Gasteiger charge is 2.18. The number of fused-ring (bicyclic) bond motifs is 2. The molecule has 142 valence electrons. The number of carbonyl (C=O) groups excluding carboxylic acids is 3.